The van der Waals surface area contributed by atoms with Crippen LogP contribution in [-0.4, -0.2) is 31.3 Å². The Kier molecular flexibility index (Phi) is 3.69. The molecule has 1 aliphatic carbocycles. The molecule has 110 valence electrons. The van der Waals surface area contributed by atoms with Crippen molar-refractivity contribution in [2.75, 3.05) is 24.7 Å². The molecule has 0 spiro atoms. The fourth-order valence-corrected chi connectivity index (χ4v) is 2.73. The fraction of sp³-hybridized carbons (Fsp3) is 0.625. The fourth-order valence-electron chi connectivity index (χ4n) is 2.73. The third-order valence-corrected chi connectivity index (χ3v) is 4.12. The summed E-state index contributed by atoms with van der Waals surface area (Å²) in [7, 11) is 0. The molecule has 2 fully saturated rings. The molecule has 0 unspecified atom stereocenters. The number of halogens is 1. The zero-order chi connectivity index (χ0) is 14.2. The van der Waals surface area contributed by atoms with E-state index in [1.54, 1.807) is 6.07 Å². The number of ether oxygens (including phenoxy) is 1. The van der Waals surface area contributed by atoms with Crippen LogP contribution in [0.2, 0.25) is 0 Å². The molecule has 0 amide bonds. The summed E-state index contributed by atoms with van der Waals surface area (Å²) >= 11 is 0. The van der Waals surface area contributed by atoms with Crippen molar-refractivity contribution in [3.63, 3.8) is 0 Å². The monoisotopic (exact) mass is 278 g/mol. The largest absolute Gasteiger partial charge is 0.377 e. The number of hydrogen-bond donors (Lipinski definition) is 1. The number of nitrogens with zero attached hydrogens (tertiary/aromatic N) is 1. The van der Waals surface area contributed by atoms with Gasteiger partial charge in [-0.3, -0.25) is 0 Å². The summed E-state index contributed by atoms with van der Waals surface area (Å²) in [6.07, 6.45) is 2.51. The zero-order valence-corrected chi connectivity index (χ0v) is 12.3. The van der Waals surface area contributed by atoms with E-state index in [4.69, 9.17) is 4.74 Å². The standard InChI is InChI=1S/C16H23FN2O/c1-16(2)11-20-8-7-19(16)15-6-3-12(9-14(15)17)10-18-13-4-5-13/h3,6,9,13,18H,4-5,7-8,10-11H2,1-2H3. The molecule has 1 aliphatic heterocycles. The molecular weight excluding hydrogens is 255 g/mol. The smallest absolute Gasteiger partial charge is 0.146 e. The van der Waals surface area contributed by atoms with Gasteiger partial charge in [0.05, 0.1) is 24.4 Å². The number of hydrogen-bond acceptors (Lipinski definition) is 3. The predicted octanol–water partition coefficient (Wildman–Crippen LogP) is 2.69. The minimum Gasteiger partial charge on any atom is -0.377 e. The molecule has 4 heteroatoms. The van der Waals surface area contributed by atoms with Gasteiger partial charge >= 0.3 is 0 Å². The Morgan fingerprint density at radius 1 is 1.40 bits per heavy atom. The highest BCUT2D eigenvalue weighted by Gasteiger charge is 2.32. The van der Waals surface area contributed by atoms with Crippen molar-refractivity contribution < 1.29 is 9.13 Å². The molecule has 2 aliphatic rings. The lowest BCUT2D eigenvalue weighted by molar-refractivity contribution is 0.0640. The lowest BCUT2D eigenvalue weighted by Gasteiger charge is -2.43. The summed E-state index contributed by atoms with van der Waals surface area (Å²) in [5.74, 6) is -0.130. The molecule has 3 rings (SSSR count). The third-order valence-electron chi connectivity index (χ3n) is 4.12. The molecule has 0 bridgehead atoms. The first-order valence-electron chi connectivity index (χ1n) is 7.43. The lowest BCUT2D eigenvalue weighted by atomic mass is 10.0. The van der Waals surface area contributed by atoms with Crippen LogP contribution in [0.1, 0.15) is 32.3 Å². The van der Waals surface area contributed by atoms with E-state index >= 15 is 0 Å². The van der Waals surface area contributed by atoms with E-state index in [1.165, 1.54) is 12.8 Å². The molecule has 1 aromatic carbocycles. The van der Waals surface area contributed by atoms with E-state index in [2.05, 4.69) is 24.1 Å². The van der Waals surface area contributed by atoms with Gasteiger partial charge in [-0.2, -0.15) is 0 Å². The van der Waals surface area contributed by atoms with Crippen molar-refractivity contribution in [3.8, 4) is 0 Å². The van der Waals surface area contributed by atoms with Gasteiger partial charge in [-0.15, -0.1) is 0 Å². The normalized spacial score (nSPS) is 22.1. The number of nitrogens with one attached hydrogen (secondary N) is 1. The lowest BCUT2D eigenvalue weighted by Crippen LogP contribution is -2.53. The van der Waals surface area contributed by atoms with Gasteiger partial charge in [0.25, 0.3) is 0 Å². The predicted molar refractivity (Wildman–Crippen MR) is 78.5 cm³/mol. The van der Waals surface area contributed by atoms with Crippen LogP contribution < -0.4 is 10.2 Å². The SMILES string of the molecule is CC1(C)COCCN1c1ccc(CNC2CC2)cc1F. The number of benzene rings is 1. The van der Waals surface area contributed by atoms with Crippen LogP contribution in [0.25, 0.3) is 0 Å². The van der Waals surface area contributed by atoms with Crippen LogP contribution in [0.3, 0.4) is 0 Å². The Labute approximate surface area is 120 Å². The highest BCUT2D eigenvalue weighted by Crippen LogP contribution is 2.30. The first kappa shape index (κ1) is 13.8. The molecule has 3 nitrogen and oxygen atoms in total. The quantitative estimate of drug-likeness (QED) is 0.916. The third kappa shape index (κ3) is 2.96. The second kappa shape index (κ2) is 5.34. The maximum Gasteiger partial charge on any atom is 0.146 e. The molecule has 1 N–H and O–H groups in total. The molecule has 1 aromatic rings. The molecule has 1 saturated carbocycles. The molecule has 1 saturated heterocycles. The van der Waals surface area contributed by atoms with Gasteiger partial charge in [0, 0.05) is 19.1 Å². The van der Waals surface area contributed by atoms with Crippen LogP contribution in [-0.2, 0) is 11.3 Å². The number of anilines is 1. The van der Waals surface area contributed by atoms with Crippen molar-refractivity contribution >= 4 is 5.69 Å². The van der Waals surface area contributed by atoms with E-state index in [9.17, 15) is 4.39 Å². The summed E-state index contributed by atoms with van der Waals surface area (Å²) in [5.41, 5.74) is 1.55. The summed E-state index contributed by atoms with van der Waals surface area (Å²) in [5, 5.41) is 3.42. The highest BCUT2D eigenvalue weighted by molar-refractivity contribution is 5.51. The summed E-state index contributed by atoms with van der Waals surface area (Å²) in [6, 6.07) is 6.25. The van der Waals surface area contributed by atoms with Crippen LogP contribution in [0.15, 0.2) is 18.2 Å². The van der Waals surface area contributed by atoms with E-state index < -0.39 is 0 Å². The molecular formula is C16H23FN2O. The molecule has 20 heavy (non-hydrogen) atoms. The van der Waals surface area contributed by atoms with Gasteiger partial charge in [0.15, 0.2) is 0 Å². The Hall–Kier alpha value is -1.13. The van der Waals surface area contributed by atoms with Gasteiger partial charge in [-0.05, 0) is 44.4 Å². The van der Waals surface area contributed by atoms with Crippen molar-refractivity contribution in [1.82, 2.24) is 5.32 Å². The zero-order valence-electron chi connectivity index (χ0n) is 12.3. The molecule has 0 aromatic heterocycles. The molecule has 1 heterocycles. The van der Waals surface area contributed by atoms with Gasteiger partial charge in [-0.1, -0.05) is 6.07 Å². The van der Waals surface area contributed by atoms with Crippen LogP contribution in [0.4, 0.5) is 10.1 Å². The Balaban J connectivity index is 1.75. The van der Waals surface area contributed by atoms with Gasteiger partial charge in [-0.25, -0.2) is 4.39 Å². The van der Waals surface area contributed by atoms with Gasteiger partial charge in [0.1, 0.15) is 5.82 Å². The van der Waals surface area contributed by atoms with Crippen LogP contribution >= 0.6 is 0 Å². The van der Waals surface area contributed by atoms with Crippen molar-refractivity contribution in [1.29, 1.82) is 0 Å². The highest BCUT2D eigenvalue weighted by atomic mass is 19.1. The average molecular weight is 278 g/mol. The Morgan fingerprint density at radius 2 is 2.20 bits per heavy atom. The van der Waals surface area contributed by atoms with Gasteiger partial charge < -0.3 is 15.0 Å². The van der Waals surface area contributed by atoms with E-state index in [0.717, 1.165) is 18.7 Å². The molecule has 0 radical (unpaired) electrons. The van der Waals surface area contributed by atoms with E-state index in [-0.39, 0.29) is 11.4 Å². The minimum atomic E-state index is -0.160. The second-order valence-corrected chi connectivity index (χ2v) is 6.46. The van der Waals surface area contributed by atoms with Crippen LogP contribution in [0, 0.1) is 5.82 Å². The van der Waals surface area contributed by atoms with Crippen molar-refractivity contribution in [2.45, 2.75) is 44.8 Å². The summed E-state index contributed by atoms with van der Waals surface area (Å²) in [4.78, 5) is 2.12. The Morgan fingerprint density at radius 3 is 2.85 bits per heavy atom. The van der Waals surface area contributed by atoms with Crippen molar-refractivity contribution in [2.24, 2.45) is 0 Å². The maximum atomic E-state index is 14.4. The first-order valence-corrected chi connectivity index (χ1v) is 7.43. The maximum absolute atomic E-state index is 14.4. The summed E-state index contributed by atoms with van der Waals surface area (Å²) in [6.45, 7) is 6.98. The number of morpholine rings is 1. The van der Waals surface area contributed by atoms with E-state index in [0.29, 0.717) is 24.9 Å². The second-order valence-electron chi connectivity index (χ2n) is 6.46. The van der Waals surface area contributed by atoms with Crippen LogP contribution in [0.5, 0.6) is 0 Å². The first-order chi connectivity index (χ1) is 9.56. The van der Waals surface area contributed by atoms with Crippen molar-refractivity contribution in [3.05, 3.63) is 29.6 Å². The molecule has 0 atom stereocenters. The number of rotatable bonds is 4. The Bertz CT molecular complexity index is 485. The summed E-state index contributed by atoms with van der Waals surface area (Å²) < 4.78 is 19.9. The minimum absolute atomic E-state index is 0.130. The average Bonchev–Trinajstić information content (AvgIpc) is 3.21. The topological polar surface area (TPSA) is 24.5 Å². The van der Waals surface area contributed by atoms with E-state index in [1.807, 2.05) is 12.1 Å². The van der Waals surface area contributed by atoms with Gasteiger partial charge in [0.2, 0.25) is 0 Å².